The first-order chi connectivity index (χ1) is 6.35. The summed E-state index contributed by atoms with van der Waals surface area (Å²) in [6, 6.07) is 0. The smallest absolute Gasteiger partial charge is 0.00833 e. The van der Waals surface area contributed by atoms with Crippen molar-refractivity contribution in [2.24, 2.45) is 11.7 Å². The molecule has 1 aromatic rings. The van der Waals surface area contributed by atoms with Crippen LogP contribution in [0.15, 0.2) is 5.38 Å². The highest BCUT2D eigenvalue weighted by atomic mass is 32.1. The second kappa shape index (κ2) is 3.81. The average molecular weight is 195 g/mol. The SMILES string of the molecule is CCc1csc2c1CCC(CN)C2. The number of rotatable bonds is 2. The van der Waals surface area contributed by atoms with Gasteiger partial charge in [-0.1, -0.05) is 6.92 Å². The van der Waals surface area contributed by atoms with Gasteiger partial charge in [0.2, 0.25) is 0 Å². The largest absolute Gasteiger partial charge is 0.330 e. The Balaban J connectivity index is 2.22. The maximum Gasteiger partial charge on any atom is 0.00833 e. The molecule has 1 atom stereocenters. The maximum atomic E-state index is 5.70. The van der Waals surface area contributed by atoms with Crippen LogP contribution >= 0.6 is 11.3 Å². The van der Waals surface area contributed by atoms with Gasteiger partial charge in [0.05, 0.1) is 0 Å². The molecule has 2 rings (SSSR count). The van der Waals surface area contributed by atoms with Crippen LogP contribution in [0.2, 0.25) is 0 Å². The van der Waals surface area contributed by atoms with Gasteiger partial charge in [-0.3, -0.25) is 0 Å². The lowest BCUT2D eigenvalue weighted by molar-refractivity contribution is 0.473. The van der Waals surface area contributed by atoms with Crippen molar-refractivity contribution < 1.29 is 0 Å². The Morgan fingerprint density at radius 2 is 2.46 bits per heavy atom. The van der Waals surface area contributed by atoms with E-state index < -0.39 is 0 Å². The molecule has 1 aliphatic carbocycles. The quantitative estimate of drug-likeness (QED) is 0.770. The van der Waals surface area contributed by atoms with Crippen LogP contribution in [0.4, 0.5) is 0 Å². The summed E-state index contributed by atoms with van der Waals surface area (Å²) in [5.41, 5.74) is 8.93. The Kier molecular flexibility index (Phi) is 2.70. The summed E-state index contributed by atoms with van der Waals surface area (Å²) in [5.74, 6) is 0.746. The van der Waals surface area contributed by atoms with Gasteiger partial charge < -0.3 is 5.73 Å². The molecule has 1 unspecified atom stereocenters. The first-order valence-electron chi connectivity index (χ1n) is 5.13. The van der Waals surface area contributed by atoms with E-state index in [2.05, 4.69) is 12.3 Å². The molecule has 1 aliphatic rings. The lowest BCUT2D eigenvalue weighted by Crippen LogP contribution is -2.21. The second-order valence-electron chi connectivity index (χ2n) is 3.86. The van der Waals surface area contributed by atoms with Crippen LogP contribution in [0.25, 0.3) is 0 Å². The molecule has 0 aromatic carbocycles. The minimum Gasteiger partial charge on any atom is -0.330 e. The van der Waals surface area contributed by atoms with Gasteiger partial charge in [-0.2, -0.15) is 0 Å². The predicted molar refractivity (Wildman–Crippen MR) is 58.3 cm³/mol. The van der Waals surface area contributed by atoms with Crippen molar-refractivity contribution in [3.05, 3.63) is 21.4 Å². The van der Waals surface area contributed by atoms with Crippen molar-refractivity contribution in [2.45, 2.75) is 32.6 Å². The maximum absolute atomic E-state index is 5.70. The van der Waals surface area contributed by atoms with Crippen LogP contribution in [-0.4, -0.2) is 6.54 Å². The number of aryl methyl sites for hydroxylation is 1. The van der Waals surface area contributed by atoms with Crippen molar-refractivity contribution in [1.29, 1.82) is 0 Å². The van der Waals surface area contributed by atoms with Gasteiger partial charge in [-0.05, 0) is 54.7 Å². The molecule has 1 heterocycles. The molecule has 1 nitrogen and oxygen atoms in total. The van der Waals surface area contributed by atoms with Crippen LogP contribution in [0.3, 0.4) is 0 Å². The third-order valence-electron chi connectivity index (χ3n) is 3.06. The standard InChI is InChI=1S/C11H17NS/c1-2-9-7-13-11-5-8(6-12)3-4-10(9)11/h7-8H,2-6,12H2,1H3. The summed E-state index contributed by atoms with van der Waals surface area (Å²) in [6.07, 6.45) is 4.99. The van der Waals surface area contributed by atoms with Crippen molar-refractivity contribution in [3.63, 3.8) is 0 Å². The van der Waals surface area contributed by atoms with Gasteiger partial charge in [-0.25, -0.2) is 0 Å². The van der Waals surface area contributed by atoms with Crippen LogP contribution < -0.4 is 5.73 Å². The fraction of sp³-hybridized carbons (Fsp3) is 0.636. The molecule has 2 heteroatoms. The van der Waals surface area contributed by atoms with E-state index in [-0.39, 0.29) is 0 Å². The number of thiophene rings is 1. The molecule has 0 amide bonds. The number of hydrogen-bond acceptors (Lipinski definition) is 2. The summed E-state index contributed by atoms with van der Waals surface area (Å²) < 4.78 is 0. The molecule has 0 spiro atoms. The minimum atomic E-state index is 0.746. The van der Waals surface area contributed by atoms with Crippen LogP contribution in [0.1, 0.15) is 29.3 Å². The van der Waals surface area contributed by atoms with E-state index in [4.69, 9.17) is 5.73 Å². The molecule has 0 aliphatic heterocycles. The highest BCUT2D eigenvalue weighted by Crippen LogP contribution is 2.32. The van der Waals surface area contributed by atoms with E-state index in [0.717, 1.165) is 12.5 Å². The van der Waals surface area contributed by atoms with E-state index in [0.29, 0.717) is 0 Å². The molecule has 0 radical (unpaired) electrons. The molecule has 1 aromatic heterocycles. The lowest BCUT2D eigenvalue weighted by atomic mass is 9.87. The molecule has 0 saturated carbocycles. The van der Waals surface area contributed by atoms with Gasteiger partial charge in [-0.15, -0.1) is 11.3 Å². The first-order valence-corrected chi connectivity index (χ1v) is 6.01. The van der Waals surface area contributed by atoms with Crippen molar-refractivity contribution >= 4 is 11.3 Å². The Hall–Kier alpha value is -0.340. The lowest BCUT2D eigenvalue weighted by Gasteiger charge is -2.21. The topological polar surface area (TPSA) is 26.0 Å². The Labute approximate surface area is 84.0 Å². The molecule has 0 fully saturated rings. The van der Waals surface area contributed by atoms with Crippen molar-refractivity contribution in [1.82, 2.24) is 0 Å². The molecule has 72 valence electrons. The van der Waals surface area contributed by atoms with Crippen molar-refractivity contribution in [2.75, 3.05) is 6.54 Å². The van der Waals surface area contributed by atoms with E-state index in [1.807, 2.05) is 11.3 Å². The number of fused-ring (bicyclic) bond motifs is 1. The number of nitrogens with two attached hydrogens (primary N) is 1. The predicted octanol–water partition coefficient (Wildman–Crippen LogP) is 2.37. The minimum absolute atomic E-state index is 0.746. The summed E-state index contributed by atoms with van der Waals surface area (Å²) in [7, 11) is 0. The number of hydrogen-bond donors (Lipinski definition) is 1. The molecule has 13 heavy (non-hydrogen) atoms. The Morgan fingerprint density at radius 3 is 3.15 bits per heavy atom. The molecular formula is C11H17NS. The summed E-state index contributed by atoms with van der Waals surface area (Å²) >= 11 is 1.94. The summed E-state index contributed by atoms with van der Waals surface area (Å²) in [4.78, 5) is 1.61. The Morgan fingerprint density at radius 1 is 1.62 bits per heavy atom. The zero-order chi connectivity index (χ0) is 9.26. The van der Waals surface area contributed by atoms with E-state index in [9.17, 15) is 0 Å². The van der Waals surface area contributed by atoms with Gasteiger partial charge in [0, 0.05) is 4.88 Å². The van der Waals surface area contributed by atoms with E-state index in [1.54, 1.807) is 16.0 Å². The fourth-order valence-corrected chi connectivity index (χ4v) is 3.45. The highest BCUT2D eigenvalue weighted by Gasteiger charge is 2.20. The van der Waals surface area contributed by atoms with Crippen molar-refractivity contribution in [3.8, 4) is 0 Å². The van der Waals surface area contributed by atoms with Crippen LogP contribution in [0, 0.1) is 5.92 Å². The van der Waals surface area contributed by atoms with Gasteiger partial charge >= 0.3 is 0 Å². The average Bonchev–Trinajstić information content (AvgIpc) is 2.59. The van der Waals surface area contributed by atoms with Gasteiger partial charge in [0.1, 0.15) is 0 Å². The van der Waals surface area contributed by atoms with Gasteiger partial charge in [0.25, 0.3) is 0 Å². The first kappa shape index (κ1) is 9.22. The normalized spacial score (nSPS) is 21.5. The fourth-order valence-electron chi connectivity index (χ4n) is 2.15. The summed E-state index contributed by atoms with van der Waals surface area (Å²) in [6.45, 7) is 3.11. The third kappa shape index (κ3) is 1.65. The van der Waals surface area contributed by atoms with E-state index in [1.165, 1.54) is 25.7 Å². The Bertz CT molecular complexity index is 290. The zero-order valence-corrected chi connectivity index (χ0v) is 8.99. The monoisotopic (exact) mass is 195 g/mol. The molecule has 2 N–H and O–H groups in total. The zero-order valence-electron chi connectivity index (χ0n) is 8.18. The molecule has 0 saturated heterocycles. The molecule has 0 bridgehead atoms. The van der Waals surface area contributed by atoms with Gasteiger partial charge in [0.15, 0.2) is 0 Å². The van der Waals surface area contributed by atoms with Crippen LogP contribution in [0.5, 0.6) is 0 Å². The van der Waals surface area contributed by atoms with E-state index >= 15 is 0 Å². The molecular weight excluding hydrogens is 178 g/mol. The summed E-state index contributed by atoms with van der Waals surface area (Å²) in [5, 5.41) is 2.34. The highest BCUT2D eigenvalue weighted by molar-refractivity contribution is 7.10. The van der Waals surface area contributed by atoms with Crippen LogP contribution in [-0.2, 0) is 19.3 Å². The second-order valence-corrected chi connectivity index (χ2v) is 4.82. The third-order valence-corrected chi connectivity index (χ3v) is 4.16.